The molecule has 0 atom stereocenters. The number of carbonyl (C=O) groups excluding carboxylic acids is 2. The number of ether oxygens (including phenoxy) is 3. The highest BCUT2D eigenvalue weighted by atomic mass is 35.5. The van der Waals surface area contributed by atoms with Gasteiger partial charge in [0, 0.05) is 34.3 Å². The van der Waals surface area contributed by atoms with Crippen LogP contribution in [0.3, 0.4) is 0 Å². The van der Waals surface area contributed by atoms with Crippen molar-refractivity contribution in [1.29, 1.82) is 0 Å². The van der Waals surface area contributed by atoms with Gasteiger partial charge in [-0.05, 0) is 29.8 Å². The number of hydrogen-bond acceptors (Lipinski definition) is 6. The van der Waals surface area contributed by atoms with E-state index in [1.54, 1.807) is 47.1 Å². The first-order valence-electron chi connectivity index (χ1n) is 12.1. The molecular weight excluding hydrogens is 563 g/mol. The Hall–Kier alpha value is -3.67. The maximum Gasteiger partial charge on any atom is 0.573 e. The lowest BCUT2D eigenvalue weighted by Gasteiger charge is -2.26. The third kappa shape index (κ3) is 8.42. The standard InChI is InChI=1S/C22H22B6ClF4N3O5/c23-20(24,25)16-10(29)7-14(15(17(16)30)19(38)36-8-3-4-35-11(5-8)18(34)37)39-12-2-1-9(40-22(31,32)33)6-13(12)41-21(26,27)28/h1-7H,23-28H2,(H2,34,37)(H,35,36,38). The van der Waals surface area contributed by atoms with Gasteiger partial charge in [0.2, 0.25) is 0 Å². The van der Waals surface area contributed by atoms with Crippen molar-refractivity contribution in [2.24, 2.45) is 5.73 Å². The Morgan fingerprint density at radius 1 is 0.927 bits per heavy atom. The summed E-state index contributed by atoms with van der Waals surface area (Å²) in [6.07, 6.45) is -3.74. The molecule has 3 N–H and O–H groups in total. The second-order valence-corrected chi connectivity index (χ2v) is 11.3. The van der Waals surface area contributed by atoms with Crippen molar-refractivity contribution in [3.05, 3.63) is 70.3 Å². The summed E-state index contributed by atoms with van der Waals surface area (Å²) in [6, 6.07) is 6.84. The Balaban J connectivity index is 2.16. The number of carbonyl (C=O) groups is 2. The molecule has 0 spiro atoms. The molecule has 0 radical (unpaired) electrons. The minimum Gasteiger partial charge on any atom is -0.510 e. The highest BCUT2D eigenvalue weighted by Crippen LogP contribution is 2.42. The van der Waals surface area contributed by atoms with Crippen LogP contribution in [-0.2, 0) is 5.11 Å². The molecule has 1 aromatic heterocycles. The van der Waals surface area contributed by atoms with E-state index >= 15 is 4.39 Å². The number of nitrogens with two attached hydrogens (primary N) is 1. The van der Waals surface area contributed by atoms with E-state index in [2.05, 4.69) is 15.0 Å². The Bertz CT molecular complexity index is 1500. The highest BCUT2D eigenvalue weighted by molar-refractivity contribution is 6.60. The number of pyridine rings is 1. The Morgan fingerprint density at radius 3 is 2.15 bits per heavy atom. The molecule has 19 heteroatoms. The summed E-state index contributed by atoms with van der Waals surface area (Å²) in [6.45, 7) is 0. The summed E-state index contributed by atoms with van der Waals surface area (Å²) in [5.41, 5.74) is 4.65. The average Bonchev–Trinajstić information content (AvgIpc) is 2.77. The van der Waals surface area contributed by atoms with Gasteiger partial charge in [-0.25, -0.2) is 4.39 Å². The van der Waals surface area contributed by atoms with E-state index in [1.165, 1.54) is 24.4 Å². The van der Waals surface area contributed by atoms with E-state index in [-0.39, 0.29) is 39.2 Å². The van der Waals surface area contributed by atoms with Crippen molar-refractivity contribution in [3.8, 4) is 23.0 Å². The Labute approximate surface area is 243 Å². The lowest BCUT2D eigenvalue weighted by atomic mass is 9.40. The fourth-order valence-electron chi connectivity index (χ4n) is 3.71. The molecule has 2 amide bonds. The maximum atomic E-state index is 16.1. The van der Waals surface area contributed by atoms with Crippen molar-refractivity contribution >= 4 is 76.2 Å². The van der Waals surface area contributed by atoms with E-state index in [1.807, 2.05) is 0 Å². The molecule has 0 aliphatic carbocycles. The monoisotopic (exact) mass is 585 g/mol. The number of nitrogens with zero attached hydrogens (tertiary/aromatic N) is 1. The molecule has 0 bridgehead atoms. The molecule has 1 heterocycles. The van der Waals surface area contributed by atoms with Crippen molar-refractivity contribution in [1.82, 2.24) is 4.98 Å². The van der Waals surface area contributed by atoms with Gasteiger partial charge in [-0.3, -0.25) is 14.6 Å². The molecular formula is C22H22B6ClF4N3O5. The van der Waals surface area contributed by atoms with Gasteiger partial charge in [-0.15, -0.1) is 13.2 Å². The highest BCUT2D eigenvalue weighted by Gasteiger charge is 2.33. The zero-order chi connectivity index (χ0) is 30.9. The van der Waals surface area contributed by atoms with E-state index in [9.17, 15) is 22.8 Å². The Kier molecular flexibility index (Phi) is 9.07. The van der Waals surface area contributed by atoms with Crippen molar-refractivity contribution in [2.75, 3.05) is 5.32 Å². The number of nitrogens with one attached hydrogen (secondary N) is 1. The van der Waals surface area contributed by atoms with E-state index in [0.29, 0.717) is 0 Å². The van der Waals surface area contributed by atoms with Crippen LogP contribution >= 0.6 is 11.6 Å². The van der Waals surface area contributed by atoms with Crippen LogP contribution in [-0.4, -0.2) is 75.5 Å². The number of primary amides is 1. The molecule has 208 valence electrons. The van der Waals surface area contributed by atoms with Gasteiger partial charge < -0.3 is 25.3 Å². The zero-order valence-electron chi connectivity index (χ0n) is 23.0. The second-order valence-electron chi connectivity index (χ2n) is 10.9. The van der Waals surface area contributed by atoms with Gasteiger partial charge >= 0.3 is 6.36 Å². The number of halogens is 5. The summed E-state index contributed by atoms with van der Waals surface area (Å²) in [7, 11) is 10.0. The molecule has 0 aliphatic rings. The minimum absolute atomic E-state index is 0.0179. The number of alkyl halides is 3. The summed E-state index contributed by atoms with van der Waals surface area (Å²) in [4.78, 5) is 28.8. The van der Waals surface area contributed by atoms with Crippen LogP contribution in [0.15, 0.2) is 42.6 Å². The van der Waals surface area contributed by atoms with Crippen molar-refractivity contribution in [3.63, 3.8) is 0 Å². The molecule has 0 saturated heterocycles. The first kappa shape index (κ1) is 31.9. The molecule has 0 fully saturated rings. The van der Waals surface area contributed by atoms with E-state index in [0.717, 1.165) is 18.2 Å². The predicted molar refractivity (Wildman–Crippen MR) is 162 cm³/mol. The van der Waals surface area contributed by atoms with Crippen LogP contribution in [0.5, 0.6) is 23.0 Å². The number of aromatic nitrogens is 1. The van der Waals surface area contributed by atoms with Crippen LogP contribution in [0, 0.1) is 5.82 Å². The van der Waals surface area contributed by atoms with E-state index < -0.39 is 45.7 Å². The molecule has 8 nitrogen and oxygen atoms in total. The summed E-state index contributed by atoms with van der Waals surface area (Å²) >= 11 is 6.43. The zero-order valence-corrected chi connectivity index (χ0v) is 23.8. The topological polar surface area (TPSA) is 113 Å². The van der Waals surface area contributed by atoms with E-state index in [4.69, 9.17) is 26.8 Å². The van der Waals surface area contributed by atoms with Gasteiger partial charge in [-0.1, -0.05) is 16.7 Å². The van der Waals surface area contributed by atoms with Gasteiger partial charge in [0.25, 0.3) is 11.8 Å². The third-order valence-corrected chi connectivity index (χ3v) is 5.51. The largest absolute Gasteiger partial charge is 0.573 e. The van der Waals surface area contributed by atoms with Crippen LogP contribution < -0.4 is 25.3 Å². The van der Waals surface area contributed by atoms with Gasteiger partial charge in [-0.2, -0.15) is 0 Å². The molecule has 0 aliphatic heterocycles. The van der Waals surface area contributed by atoms with Crippen LogP contribution in [0.1, 0.15) is 26.4 Å². The smallest absolute Gasteiger partial charge is 0.510 e. The Morgan fingerprint density at radius 2 is 1.59 bits per heavy atom. The maximum absolute atomic E-state index is 16.1. The summed E-state index contributed by atoms with van der Waals surface area (Å²) in [5.74, 6) is -4.08. The van der Waals surface area contributed by atoms with Crippen molar-refractivity contribution in [2.45, 2.75) is 16.8 Å². The first-order valence-corrected chi connectivity index (χ1v) is 12.5. The lowest BCUT2D eigenvalue weighted by molar-refractivity contribution is -0.274. The summed E-state index contributed by atoms with van der Waals surface area (Å²) in [5, 5.41) is 0.681. The molecule has 41 heavy (non-hydrogen) atoms. The fraction of sp³-hybridized carbons (Fsp3) is 0.136. The second kappa shape index (κ2) is 11.7. The lowest BCUT2D eigenvalue weighted by Crippen LogP contribution is -2.37. The number of amides is 2. The molecule has 2 aromatic carbocycles. The normalized spacial score (nSPS) is 11.9. The molecule has 0 saturated carbocycles. The molecule has 3 rings (SSSR count). The fourth-order valence-corrected chi connectivity index (χ4v) is 4.18. The van der Waals surface area contributed by atoms with Gasteiger partial charge in [0.05, 0.1) is 23.5 Å². The van der Waals surface area contributed by atoms with Crippen LogP contribution in [0.25, 0.3) is 0 Å². The average molecular weight is 585 g/mol. The number of benzene rings is 2. The third-order valence-electron chi connectivity index (χ3n) is 5.21. The number of anilines is 1. The minimum atomic E-state index is -4.96. The van der Waals surface area contributed by atoms with Crippen LogP contribution in [0.2, 0.25) is 5.02 Å². The van der Waals surface area contributed by atoms with Crippen LogP contribution in [0.4, 0.5) is 23.2 Å². The SMILES string of the molecule is BC(B)(B)Oc1cc(OC(F)(F)F)ccc1Oc1cc(Cl)c(C(B)(B)B)c(F)c1C(=O)Nc1ccnc(C(N)=O)c1. The van der Waals surface area contributed by atoms with Crippen molar-refractivity contribution < 1.29 is 41.4 Å². The van der Waals surface area contributed by atoms with Gasteiger partial charge in [0.1, 0.15) is 52.1 Å². The van der Waals surface area contributed by atoms with Gasteiger partial charge in [0.15, 0.2) is 11.5 Å². The molecule has 0 unspecified atom stereocenters. The summed E-state index contributed by atoms with van der Waals surface area (Å²) < 4.78 is 70.3. The number of hydrogen-bond donors (Lipinski definition) is 2. The molecule has 3 aromatic rings. The first-order chi connectivity index (χ1) is 18.7. The quantitative estimate of drug-likeness (QED) is 0.242. The predicted octanol–water partition coefficient (Wildman–Crippen LogP) is -1.18. The number of rotatable bonds is 9.